The number of hydrogen-bond acceptors (Lipinski definition) is 6. The first-order valence-electron chi connectivity index (χ1n) is 12.6. The number of carbonyl (C=O) groups excluding carboxylic acids is 2. The van der Waals surface area contributed by atoms with Crippen LogP contribution in [-0.4, -0.2) is 30.8 Å². The number of benzene rings is 3. The molecule has 3 aromatic carbocycles. The number of halogens is 1. The Balaban J connectivity index is 1.44. The molecule has 41 heavy (non-hydrogen) atoms. The highest BCUT2D eigenvalue weighted by Crippen LogP contribution is 2.23. The Hall–Kier alpha value is -4.25. The summed E-state index contributed by atoms with van der Waals surface area (Å²) in [5.41, 5.74) is 6.33. The van der Waals surface area contributed by atoms with Crippen LogP contribution < -0.4 is 10.7 Å². The third-order valence-electron chi connectivity index (χ3n) is 6.15. The minimum absolute atomic E-state index is 0.0582. The Bertz CT molecular complexity index is 1680. The fraction of sp³-hybridized carbons (Fsp3) is 0.167. The summed E-state index contributed by atoms with van der Waals surface area (Å²) < 4.78 is 34.1. The first kappa shape index (κ1) is 29.7. The van der Waals surface area contributed by atoms with E-state index in [-0.39, 0.29) is 23.7 Å². The summed E-state index contributed by atoms with van der Waals surface area (Å²) in [5.74, 6) is -1.20. The number of furan rings is 1. The standard InChI is InChI=1S/C30H29ClN4O5S/c1-20-5-8-23(9-6-20)18-35(41(38,39)27-14-10-24(31)11-15-27)19-26-13-12-25(40-26)17-32-34-30(37)29(36)33-28-16-21(2)4-7-22(28)3/h4-17H,18-19H2,1-3H3,(H,33,36)(H,34,37)/b32-17+. The van der Waals surface area contributed by atoms with Crippen molar-refractivity contribution >= 4 is 45.3 Å². The molecular weight excluding hydrogens is 564 g/mol. The smallest absolute Gasteiger partial charge is 0.329 e. The van der Waals surface area contributed by atoms with E-state index >= 15 is 0 Å². The first-order chi connectivity index (χ1) is 19.5. The average molecular weight is 593 g/mol. The van der Waals surface area contributed by atoms with Gasteiger partial charge in [0.2, 0.25) is 10.0 Å². The molecule has 0 aliphatic carbocycles. The van der Waals surface area contributed by atoms with E-state index in [0.717, 1.165) is 22.3 Å². The number of hydrogen-bond donors (Lipinski definition) is 2. The summed E-state index contributed by atoms with van der Waals surface area (Å²) in [6.07, 6.45) is 1.23. The van der Waals surface area contributed by atoms with Gasteiger partial charge in [-0.15, -0.1) is 0 Å². The molecule has 0 saturated heterocycles. The van der Waals surface area contributed by atoms with Crippen LogP contribution in [0.15, 0.2) is 93.3 Å². The Morgan fingerprint density at radius 3 is 2.27 bits per heavy atom. The summed E-state index contributed by atoms with van der Waals surface area (Å²) in [6.45, 7) is 5.71. The highest BCUT2D eigenvalue weighted by atomic mass is 35.5. The minimum Gasteiger partial charge on any atom is -0.459 e. The monoisotopic (exact) mass is 592 g/mol. The van der Waals surface area contributed by atoms with Gasteiger partial charge in [-0.05, 0) is 79.9 Å². The van der Waals surface area contributed by atoms with Gasteiger partial charge >= 0.3 is 11.8 Å². The van der Waals surface area contributed by atoms with E-state index in [1.165, 1.54) is 34.8 Å². The van der Waals surface area contributed by atoms with Crippen LogP contribution in [0.4, 0.5) is 5.69 Å². The number of carbonyl (C=O) groups is 2. The topological polar surface area (TPSA) is 121 Å². The highest BCUT2D eigenvalue weighted by Gasteiger charge is 2.26. The first-order valence-corrected chi connectivity index (χ1v) is 14.4. The van der Waals surface area contributed by atoms with Crippen molar-refractivity contribution in [1.82, 2.24) is 9.73 Å². The Morgan fingerprint density at radius 1 is 0.878 bits per heavy atom. The van der Waals surface area contributed by atoms with E-state index in [1.807, 2.05) is 57.2 Å². The molecule has 4 rings (SSSR count). The lowest BCUT2D eigenvalue weighted by Crippen LogP contribution is -2.32. The van der Waals surface area contributed by atoms with Crippen LogP contribution in [0.25, 0.3) is 0 Å². The van der Waals surface area contributed by atoms with Crippen molar-refractivity contribution in [3.8, 4) is 0 Å². The van der Waals surface area contributed by atoms with Crippen molar-refractivity contribution in [2.45, 2.75) is 38.8 Å². The van der Waals surface area contributed by atoms with E-state index < -0.39 is 21.8 Å². The fourth-order valence-corrected chi connectivity index (χ4v) is 5.38. The van der Waals surface area contributed by atoms with Gasteiger partial charge in [0.15, 0.2) is 0 Å². The lowest BCUT2D eigenvalue weighted by atomic mass is 10.1. The maximum Gasteiger partial charge on any atom is 0.329 e. The summed E-state index contributed by atoms with van der Waals surface area (Å²) in [6, 6.07) is 22.3. The fourth-order valence-electron chi connectivity index (χ4n) is 3.86. The second-order valence-corrected chi connectivity index (χ2v) is 11.9. The van der Waals surface area contributed by atoms with Gasteiger partial charge in [-0.2, -0.15) is 9.41 Å². The van der Waals surface area contributed by atoms with E-state index in [2.05, 4.69) is 15.8 Å². The normalized spacial score (nSPS) is 11.6. The van der Waals surface area contributed by atoms with E-state index in [9.17, 15) is 18.0 Å². The minimum atomic E-state index is -3.90. The van der Waals surface area contributed by atoms with Gasteiger partial charge in [0, 0.05) is 17.3 Å². The summed E-state index contributed by atoms with van der Waals surface area (Å²) >= 11 is 5.96. The van der Waals surface area contributed by atoms with Crippen LogP contribution in [0.2, 0.25) is 5.02 Å². The molecule has 0 aliphatic rings. The van der Waals surface area contributed by atoms with Gasteiger partial charge in [0.05, 0.1) is 17.7 Å². The molecule has 1 aromatic heterocycles. The summed E-state index contributed by atoms with van der Waals surface area (Å²) in [7, 11) is -3.90. The average Bonchev–Trinajstić information content (AvgIpc) is 3.38. The number of aryl methyl sites for hydroxylation is 3. The molecule has 1 heterocycles. The maximum atomic E-state index is 13.5. The molecule has 2 amide bonds. The Kier molecular flexibility index (Phi) is 9.38. The lowest BCUT2D eigenvalue weighted by Gasteiger charge is -2.21. The van der Waals surface area contributed by atoms with Crippen LogP contribution in [0.1, 0.15) is 33.8 Å². The van der Waals surface area contributed by atoms with Gasteiger partial charge in [-0.3, -0.25) is 9.59 Å². The second-order valence-electron chi connectivity index (χ2n) is 9.49. The molecule has 0 spiro atoms. The second kappa shape index (κ2) is 12.9. The molecule has 11 heteroatoms. The molecule has 9 nitrogen and oxygen atoms in total. The maximum absolute atomic E-state index is 13.5. The van der Waals surface area contributed by atoms with Crippen LogP contribution in [0.3, 0.4) is 0 Å². The number of anilines is 1. The largest absolute Gasteiger partial charge is 0.459 e. The zero-order valence-corrected chi connectivity index (χ0v) is 24.3. The van der Waals surface area contributed by atoms with Crippen LogP contribution >= 0.6 is 11.6 Å². The lowest BCUT2D eigenvalue weighted by molar-refractivity contribution is -0.136. The molecular formula is C30H29ClN4O5S. The number of nitrogens with zero attached hydrogens (tertiary/aromatic N) is 2. The van der Waals surface area contributed by atoms with Gasteiger partial charge in [-0.1, -0.05) is 53.6 Å². The zero-order chi connectivity index (χ0) is 29.6. The van der Waals surface area contributed by atoms with Crippen LogP contribution in [-0.2, 0) is 32.7 Å². The molecule has 0 bridgehead atoms. The van der Waals surface area contributed by atoms with Crippen LogP contribution in [0.5, 0.6) is 0 Å². The van der Waals surface area contributed by atoms with Crippen molar-refractivity contribution in [2.24, 2.45) is 5.10 Å². The van der Waals surface area contributed by atoms with E-state index in [1.54, 1.807) is 18.2 Å². The zero-order valence-electron chi connectivity index (χ0n) is 22.7. The van der Waals surface area contributed by atoms with Crippen molar-refractivity contribution in [3.63, 3.8) is 0 Å². The quantitative estimate of drug-likeness (QED) is 0.154. The molecule has 212 valence electrons. The van der Waals surface area contributed by atoms with Crippen molar-refractivity contribution in [1.29, 1.82) is 0 Å². The predicted molar refractivity (Wildman–Crippen MR) is 158 cm³/mol. The molecule has 2 N–H and O–H groups in total. The third-order valence-corrected chi connectivity index (χ3v) is 8.21. The van der Waals surface area contributed by atoms with Gasteiger partial charge in [0.1, 0.15) is 11.5 Å². The van der Waals surface area contributed by atoms with Crippen molar-refractivity contribution in [2.75, 3.05) is 5.32 Å². The number of sulfonamides is 1. The van der Waals surface area contributed by atoms with Gasteiger partial charge in [-0.25, -0.2) is 13.8 Å². The number of amides is 2. The molecule has 0 atom stereocenters. The van der Waals surface area contributed by atoms with Crippen molar-refractivity contribution in [3.05, 3.63) is 118 Å². The van der Waals surface area contributed by atoms with Gasteiger partial charge < -0.3 is 9.73 Å². The molecule has 0 aliphatic heterocycles. The number of rotatable bonds is 9. The SMILES string of the molecule is Cc1ccc(CN(Cc2ccc(/C=N/NC(=O)C(=O)Nc3cc(C)ccc3C)o2)S(=O)(=O)c2ccc(Cl)cc2)cc1. The molecule has 0 radical (unpaired) electrons. The van der Waals surface area contributed by atoms with Crippen molar-refractivity contribution < 1.29 is 22.4 Å². The van der Waals surface area contributed by atoms with Crippen LogP contribution in [0, 0.1) is 20.8 Å². The predicted octanol–water partition coefficient (Wildman–Crippen LogP) is 5.34. The number of nitrogens with one attached hydrogen (secondary N) is 2. The van der Waals surface area contributed by atoms with E-state index in [4.69, 9.17) is 16.0 Å². The Morgan fingerprint density at radius 2 is 1.56 bits per heavy atom. The molecule has 0 saturated carbocycles. The van der Waals surface area contributed by atoms with Gasteiger partial charge in [0.25, 0.3) is 0 Å². The summed E-state index contributed by atoms with van der Waals surface area (Å²) in [5, 5.41) is 6.78. The molecule has 0 unspecified atom stereocenters. The van der Waals surface area contributed by atoms with E-state index in [0.29, 0.717) is 16.5 Å². The summed E-state index contributed by atoms with van der Waals surface area (Å²) in [4.78, 5) is 24.5. The molecule has 0 fully saturated rings. The Labute approximate surface area is 243 Å². The highest BCUT2D eigenvalue weighted by molar-refractivity contribution is 7.89. The number of hydrazone groups is 1. The molecule has 4 aromatic rings. The third kappa shape index (κ3) is 7.91.